The second-order valence-corrected chi connectivity index (χ2v) is 9.43. The molecule has 37 heavy (non-hydrogen) atoms. The fraction of sp³-hybridized carbons (Fsp3) is 0.379. The number of aliphatic hydroxyl groups is 1. The molecule has 2 aliphatic rings. The summed E-state index contributed by atoms with van der Waals surface area (Å²) in [7, 11) is 6.29. The molecule has 1 aliphatic carbocycles. The van der Waals surface area contributed by atoms with Crippen LogP contribution in [0, 0.1) is 5.92 Å². The standard InChI is InChI=1S/C29H32O8/c1-16-12-17-13-21-25(36-15-35-21)26(33-5)22(17)23-19(14-20(31-3)24(32-4)27(23)34-6)28(29(16,2)30)37-18-10-8-7-9-11-18/h7-11,13-14,16,28,30H,12,15H2,1-6H3/t16?,28?,29-/m1/s1. The first kappa shape index (κ1) is 24.9. The van der Waals surface area contributed by atoms with Gasteiger partial charge in [-0.05, 0) is 49.1 Å². The molecule has 0 spiro atoms. The Hall–Kier alpha value is -3.78. The van der Waals surface area contributed by atoms with E-state index in [9.17, 15) is 5.11 Å². The lowest BCUT2D eigenvalue weighted by Crippen LogP contribution is -2.44. The molecule has 8 heteroatoms. The summed E-state index contributed by atoms with van der Waals surface area (Å²) in [6.07, 6.45) is -0.280. The van der Waals surface area contributed by atoms with E-state index in [1.807, 2.05) is 49.4 Å². The Labute approximate surface area is 216 Å². The highest BCUT2D eigenvalue weighted by Crippen LogP contribution is 2.59. The van der Waals surface area contributed by atoms with E-state index in [1.165, 1.54) is 0 Å². The molecule has 3 atom stereocenters. The number of hydrogen-bond donors (Lipinski definition) is 1. The minimum atomic E-state index is -1.30. The van der Waals surface area contributed by atoms with Crippen molar-refractivity contribution in [3.63, 3.8) is 0 Å². The van der Waals surface area contributed by atoms with Gasteiger partial charge in [0.2, 0.25) is 18.3 Å². The number of benzene rings is 3. The van der Waals surface area contributed by atoms with E-state index in [0.717, 1.165) is 11.1 Å². The molecule has 1 N–H and O–H groups in total. The fourth-order valence-electron chi connectivity index (χ4n) is 5.26. The van der Waals surface area contributed by atoms with Crippen LogP contribution in [0.1, 0.15) is 31.1 Å². The van der Waals surface area contributed by atoms with Gasteiger partial charge < -0.3 is 38.3 Å². The summed E-state index contributed by atoms with van der Waals surface area (Å²) >= 11 is 0. The number of methoxy groups -OCH3 is 4. The van der Waals surface area contributed by atoms with Gasteiger partial charge in [0.25, 0.3) is 0 Å². The average molecular weight is 509 g/mol. The van der Waals surface area contributed by atoms with Crippen molar-refractivity contribution in [1.29, 1.82) is 0 Å². The van der Waals surface area contributed by atoms with Gasteiger partial charge in [-0.1, -0.05) is 25.1 Å². The van der Waals surface area contributed by atoms with Crippen LogP contribution in [0.4, 0.5) is 0 Å². The summed E-state index contributed by atoms with van der Waals surface area (Å²) in [6, 6.07) is 13.2. The molecular weight excluding hydrogens is 476 g/mol. The van der Waals surface area contributed by atoms with Crippen molar-refractivity contribution >= 4 is 0 Å². The van der Waals surface area contributed by atoms with Crippen molar-refractivity contribution < 1.29 is 38.3 Å². The predicted octanol–water partition coefficient (Wildman–Crippen LogP) is 5.18. The Balaban J connectivity index is 1.91. The first-order valence-electron chi connectivity index (χ1n) is 12.1. The van der Waals surface area contributed by atoms with Gasteiger partial charge in [-0.3, -0.25) is 0 Å². The lowest BCUT2D eigenvalue weighted by atomic mass is 9.73. The van der Waals surface area contributed by atoms with E-state index in [4.69, 9.17) is 33.2 Å². The maximum absolute atomic E-state index is 12.1. The van der Waals surface area contributed by atoms with Gasteiger partial charge >= 0.3 is 0 Å². The van der Waals surface area contributed by atoms with Gasteiger partial charge in [-0.15, -0.1) is 0 Å². The molecule has 8 nitrogen and oxygen atoms in total. The number of para-hydroxylation sites is 1. The van der Waals surface area contributed by atoms with Crippen LogP contribution in [-0.2, 0) is 6.42 Å². The first-order chi connectivity index (χ1) is 17.8. The van der Waals surface area contributed by atoms with E-state index < -0.39 is 11.7 Å². The SMILES string of the molecule is COc1cc2c(c(OC)c1OC)-c1c(cc3c(c1OC)OCO3)CC(C)[C@@](C)(O)C2Oc1ccccc1. The van der Waals surface area contributed by atoms with Crippen molar-refractivity contribution in [3.8, 4) is 51.4 Å². The van der Waals surface area contributed by atoms with E-state index in [-0.39, 0.29) is 12.7 Å². The highest BCUT2D eigenvalue weighted by atomic mass is 16.7. The van der Waals surface area contributed by atoms with Crippen molar-refractivity contribution in [2.45, 2.75) is 32.0 Å². The van der Waals surface area contributed by atoms with Crippen LogP contribution in [-0.4, -0.2) is 45.9 Å². The minimum absolute atomic E-state index is 0.0948. The fourth-order valence-corrected chi connectivity index (χ4v) is 5.26. The zero-order chi connectivity index (χ0) is 26.3. The number of rotatable bonds is 6. The van der Waals surface area contributed by atoms with E-state index in [2.05, 4.69) is 0 Å². The molecule has 0 aromatic heterocycles. The number of hydrogen-bond acceptors (Lipinski definition) is 8. The second-order valence-electron chi connectivity index (χ2n) is 9.43. The summed E-state index contributed by atoms with van der Waals surface area (Å²) in [5.41, 5.74) is 1.71. The van der Waals surface area contributed by atoms with Gasteiger partial charge in [-0.25, -0.2) is 0 Å². The van der Waals surface area contributed by atoms with Gasteiger partial charge in [0.15, 0.2) is 29.1 Å². The van der Waals surface area contributed by atoms with Gasteiger partial charge in [0.05, 0.1) is 28.4 Å². The predicted molar refractivity (Wildman–Crippen MR) is 138 cm³/mol. The molecule has 2 unspecified atom stereocenters. The Morgan fingerprint density at radius 3 is 2.22 bits per heavy atom. The number of ether oxygens (including phenoxy) is 7. The van der Waals surface area contributed by atoms with Crippen molar-refractivity contribution in [1.82, 2.24) is 0 Å². The second kappa shape index (κ2) is 9.59. The maximum atomic E-state index is 12.1. The van der Waals surface area contributed by atoms with Crippen LogP contribution in [0.25, 0.3) is 11.1 Å². The average Bonchev–Trinajstić information content (AvgIpc) is 3.38. The van der Waals surface area contributed by atoms with Crippen LogP contribution >= 0.6 is 0 Å². The summed E-state index contributed by atoms with van der Waals surface area (Å²) in [5, 5.41) is 12.1. The molecule has 0 fully saturated rings. The zero-order valence-corrected chi connectivity index (χ0v) is 21.9. The molecule has 0 saturated heterocycles. The van der Waals surface area contributed by atoms with Crippen molar-refractivity contribution in [2.75, 3.05) is 35.2 Å². The smallest absolute Gasteiger partial charge is 0.231 e. The maximum Gasteiger partial charge on any atom is 0.231 e. The molecular formula is C29H32O8. The molecule has 3 aromatic rings. The number of fused-ring (bicyclic) bond motifs is 4. The van der Waals surface area contributed by atoms with Crippen LogP contribution in [0.15, 0.2) is 42.5 Å². The van der Waals surface area contributed by atoms with Crippen molar-refractivity contribution in [2.24, 2.45) is 5.92 Å². The first-order valence-corrected chi connectivity index (χ1v) is 12.1. The Kier molecular flexibility index (Phi) is 6.45. The minimum Gasteiger partial charge on any atom is -0.493 e. The van der Waals surface area contributed by atoms with Crippen LogP contribution in [0.2, 0.25) is 0 Å². The van der Waals surface area contributed by atoms with Crippen molar-refractivity contribution in [3.05, 3.63) is 53.6 Å². The summed E-state index contributed by atoms with van der Waals surface area (Å²) in [5.74, 6) is 3.33. The topological polar surface area (TPSA) is 84.8 Å². The summed E-state index contributed by atoms with van der Waals surface area (Å²) in [6.45, 7) is 3.90. The quantitative estimate of drug-likeness (QED) is 0.488. The highest BCUT2D eigenvalue weighted by Gasteiger charge is 2.46. The largest absolute Gasteiger partial charge is 0.493 e. The van der Waals surface area contributed by atoms with Crippen LogP contribution in [0.3, 0.4) is 0 Å². The molecule has 0 saturated carbocycles. The Morgan fingerprint density at radius 1 is 0.865 bits per heavy atom. The van der Waals surface area contributed by atoms with Crippen LogP contribution < -0.4 is 33.2 Å². The summed E-state index contributed by atoms with van der Waals surface area (Å²) < 4.78 is 41.5. The molecule has 0 radical (unpaired) electrons. The third kappa shape index (κ3) is 3.96. The zero-order valence-electron chi connectivity index (χ0n) is 21.9. The molecule has 3 aromatic carbocycles. The van der Waals surface area contributed by atoms with E-state index >= 15 is 0 Å². The molecule has 0 amide bonds. The van der Waals surface area contributed by atoms with Gasteiger partial charge in [-0.2, -0.15) is 0 Å². The molecule has 0 bridgehead atoms. The van der Waals surface area contributed by atoms with Gasteiger partial charge in [0.1, 0.15) is 11.4 Å². The van der Waals surface area contributed by atoms with Gasteiger partial charge in [0, 0.05) is 16.7 Å². The van der Waals surface area contributed by atoms with E-state index in [0.29, 0.717) is 57.8 Å². The highest BCUT2D eigenvalue weighted by molar-refractivity contribution is 5.89. The third-order valence-electron chi connectivity index (χ3n) is 7.35. The third-order valence-corrected chi connectivity index (χ3v) is 7.35. The summed E-state index contributed by atoms with van der Waals surface area (Å²) in [4.78, 5) is 0. The Morgan fingerprint density at radius 2 is 1.57 bits per heavy atom. The van der Waals surface area contributed by atoms with Crippen LogP contribution in [0.5, 0.6) is 40.2 Å². The molecule has 1 heterocycles. The van der Waals surface area contributed by atoms with E-state index in [1.54, 1.807) is 35.4 Å². The molecule has 5 rings (SSSR count). The molecule has 196 valence electrons. The normalized spacial score (nSPS) is 21.7. The monoisotopic (exact) mass is 508 g/mol. The lowest BCUT2D eigenvalue weighted by molar-refractivity contribution is -0.0871. The lowest BCUT2D eigenvalue weighted by Gasteiger charge is -2.41. The Bertz CT molecular complexity index is 1300. The molecule has 1 aliphatic heterocycles.